The van der Waals surface area contributed by atoms with Crippen LogP contribution in [0.2, 0.25) is 0 Å². The Bertz CT molecular complexity index is 3600. The lowest BCUT2D eigenvalue weighted by molar-refractivity contribution is 1.17. The molecule has 0 N–H and O–H groups in total. The van der Waals surface area contributed by atoms with E-state index in [0.29, 0.717) is 0 Å². The molecule has 2 nitrogen and oxygen atoms in total. The van der Waals surface area contributed by atoms with Crippen molar-refractivity contribution in [2.45, 2.75) is 6.92 Å². The topological polar surface area (TPSA) is 8.17 Å². The number of aryl methyl sites for hydroxylation is 1. The zero-order valence-corrected chi connectivity index (χ0v) is 33.8. The third kappa shape index (κ3) is 5.64. The van der Waals surface area contributed by atoms with Gasteiger partial charge in [0, 0.05) is 33.2 Å². The summed E-state index contributed by atoms with van der Waals surface area (Å²) < 4.78 is 2.38. The van der Waals surface area contributed by atoms with Gasteiger partial charge in [0.2, 0.25) is 0 Å². The summed E-state index contributed by atoms with van der Waals surface area (Å²) in [4.78, 5) is 2.41. The van der Waals surface area contributed by atoms with E-state index in [-0.39, 0.29) is 0 Å². The number of para-hydroxylation sites is 3. The Morgan fingerprint density at radius 2 is 0.902 bits per heavy atom. The monoisotopic (exact) mass is 776 g/mol. The molecule has 0 saturated carbocycles. The molecule has 0 aliphatic rings. The summed E-state index contributed by atoms with van der Waals surface area (Å²) in [6, 6.07) is 82.4. The molecule has 61 heavy (non-hydrogen) atoms. The van der Waals surface area contributed by atoms with Crippen LogP contribution in [0.3, 0.4) is 0 Å². The summed E-state index contributed by atoms with van der Waals surface area (Å²) in [5.41, 5.74) is 13.1. The standard InChI is InChI=1S/C59H40N2/c1-39-27-34-53-54(37-39)59(51-24-10-9-23-50(51)58(53)42-29-28-40-15-5-6-16-41(40)38-42)52-35-36-57(47-20-8-7-19-46(47)52)60(43-17-3-2-4-18-43)44-30-32-45(33-31-44)61-55-25-13-11-21-48(55)49-22-12-14-26-56(49)61/h2-38H,1H3. The van der Waals surface area contributed by atoms with E-state index in [0.717, 1.165) is 22.7 Å². The van der Waals surface area contributed by atoms with Crippen molar-refractivity contribution in [3.05, 3.63) is 230 Å². The number of hydrogen-bond donors (Lipinski definition) is 0. The molecule has 0 aliphatic heterocycles. The first-order valence-corrected chi connectivity index (χ1v) is 21.1. The van der Waals surface area contributed by atoms with Gasteiger partial charge in [-0.05, 0) is 128 Å². The van der Waals surface area contributed by atoms with E-state index >= 15 is 0 Å². The SMILES string of the molecule is Cc1ccc2c(-c3ccc4ccccc4c3)c3ccccc3c(-c3ccc(N(c4ccccc4)c4ccc(-n5c6ccccc6c6ccccc65)cc4)c4ccccc34)c2c1. The van der Waals surface area contributed by atoms with E-state index in [9.17, 15) is 0 Å². The second-order valence-electron chi connectivity index (χ2n) is 16.1. The number of nitrogens with zero attached hydrogens (tertiary/aromatic N) is 2. The van der Waals surface area contributed by atoms with Crippen LogP contribution in [0.15, 0.2) is 224 Å². The second kappa shape index (κ2) is 14.1. The molecule has 0 radical (unpaired) electrons. The Morgan fingerprint density at radius 3 is 1.62 bits per heavy atom. The van der Waals surface area contributed by atoms with Crippen LogP contribution < -0.4 is 4.90 Å². The first-order valence-electron chi connectivity index (χ1n) is 21.1. The molecule has 12 aromatic rings. The van der Waals surface area contributed by atoms with Crippen LogP contribution in [0.4, 0.5) is 17.1 Å². The van der Waals surface area contributed by atoms with Crippen molar-refractivity contribution in [2.75, 3.05) is 4.90 Å². The first kappa shape index (κ1) is 35.0. The van der Waals surface area contributed by atoms with Crippen LogP contribution in [-0.2, 0) is 0 Å². The second-order valence-corrected chi connectivity index (χ2v) is 16.1. The van der Waals surface area contributed by atoms with E-state index in [2.05, 4.69) is 241 Å². The average molecular weight is 777 g/mol. The molecule has 0 aliphatic carbocycles. The summed E-state index contributed by atoms with van der Waals surface area (Å²) in [6.07, 6.45) is 0. The van der Waals surface area contributed by atoms with Crippen molar-refractivity contribution in [3.63, 3.8) is 0 Å². The van der Waals surface area contributed by atoms with Crippen LogP contribution in [0.1, 0.15) is 5.56 Å². The highest BCUT2D eigenvalue weighted by Crippen LogP contribution is 2.48. The number of benzene rings is 11. The third-order valence-electron chi connectivity index (χ3n) is 12.6. The van der Waals surface area contributed by atoms with E-state index in [1.165, 1.54) is 92.7 Å². The van der Waals surface area contributed by atoms with Crippen molar-refractivity contribution in [3.8, 4) is 27.9 Å². The zero-order chi connectivity index (χ0) is 40.4. The molecule has 0 fully saturated rings. The van der Waals surface area contributed by atoms with Gasteiger partial charge in [0.1, 0.15) is 0 Å². The molecule has 11 aromatic carbocycles. The summed E-state index contributed by atoms with van der Waals surface area (Å²) >= 11 is 0. The third-order valence-corrected chi connectivity index (χ3v) is 12.6. The molecule has 0 atom stereocenters. The summed E-state index contributed by atoms with van der Waals surface area (Å²) in [5, 5.41) is 12.5. The minimum absolute atomic E-state index is 1.10. The van der Waals surface area contributed by atoms with E-state index in [1.54, 1.807) is 0 Å². The van der Waals surface area contributed by atoms with E-state index < -0.39 is 0 Å². The number of rotatable bonds is 6. The first-order chi connectivity index (χ1) is 30.2. The molecule has 0 amide bonds. The molecule has 12 rings (SSSR count). The molecule has 286 valence electrons. The highest BCUT2D eigenvalue weighted by Gasteiger charge is 2.22. The van der Waals surface area contributed by atoms with Gasteiger partial charge < -0.3 is 9.47 Å². The Hall–Kier alpha value is -7.94. The molecular weight excluding hydrogens is 737 g/mol. The lowest BCUT2D eigenvalue weighted by atomic mass is 9.83. The normalized spacial score (nSPS) is 11.7. The Balaban J connectivity index is 1.06. The molecule has 0 unspecified atom stereocenters. The van der Waals surface area contributed by atoms with Crippen molar-refractivity contribution in [1.29, 1.82) is 0 Å². The summed E-state index contributed by atoms with van der Waals surface area (Å²) in [5.74, 6) is 0. The lowest BCUT2D eigenvalue weighted by Crippen LogP contribution is -2.10. The Kier molecular flexibility index (Phi) is 8.11. The highest BCUT2D eigenvalue weighted by molar-refractivity contribution is 6.24. The van der Waals surface area contributed by atoms with Crippen LogP contribution >= 0.6 is 0 Å². The number of aromatic nitrogens is 1. The fourth-order valence-electron chi connectivity index (χ4n) is 9.89. The van der Waals surface area contributed by atoms with E-state index in [1.807, 2.05) is 0 Å². The predicted molar refractivity (Wildman–Crippen MR) is 261 cm³/mol. The lowest BCUT2D eigenvalue weighted by Gasteiger charge is -2.28. The number of fused-ring (bicyclic) bond motifs is 7. The van der Waals surface area contributed by atoms with Crippen LogP contribution in [-0.4, -0.2) is 4.57 Å². The van der Waals surface area contributed by atoms with Crippen molar-refractivity contribution in [2.24, 2.45) is 0 Å². The summed E-state index contributed by atoms with van der Waals surface area (Å²) in [6.45, 7) is 2.21. The maximum Gasteiger partial charge on any atom is 0.0541 e. The van der Waals surface area contributed by atoms with Crippen LogP contribution in [0.5, 0.6) is 0 Å². The molecule has 1 aromatic heterocycles. The molecular formula is C59H40N2. The van der Waals surface area contributed by atoms with Gasteiger partial charge >= 0.3 is 0 Å². The predicted octanol–water partition coefficient (Wildman–Crippen LogP) is 16.5. The largest absolute Gasteiger partial charge is 0.310 e. The van der Waals surface area contributed by atoms with Gasteiger partial charge in [0.05, 0.1) is 16.7 Å². The van der Waals surface area contributed by atoms with Crippen LogP contribution in [0.25, 0.3) is 92.8 Å². The molecule has 0 saturated heterocycles. The van der Waals surface area contributed by atoms with Crippen molar-refractivity contribution < 1.29 is 0 Å². The van der Waals surface area contributed by atoms with Gasteiger partial charge in [0.15, 0.2) is 0 Å². The fourth-order valence-corrected chi connectivity index (χ4v) is 9.89. The maximum absolute atomic E-state index is 2.41. The fraction of sp³-hybridized carbons (Fsp3) is 0.0169. The quantitative estimate of drug-likeness (QED) is 0.153. The van der Waals surface area contributed by atoms with Gasteiger partial charge in [0.25, 0.3) is 0 Å². The zero-order valence-electron chi connectivity index (χ0n) is 33.8. The van der Waals surface area contributed by atoms with Crippen molar-refractivity contribution >= 4 is 82.0 Å². The molecule has 1 heterocycles. The van der Waals surface area contributed by atoms with Crippen molar-refractivity contribution in [1.82, 2.24) is 4.57 Å². The smallest absolute Gasteiger partial charge is 0.0541 e. The van der Waals surface area contributed by atoms with Gasteiger partial charge in [-0.1, -0.05) is 169 Å². The maximum atomic E-state index is 2.41. The van der Waals surface area contributed by atoms with Gasteiger partial charge in [-0.25, -0.2) is 0 Å². The summed E-state index contributed by atoms with van der Waals surface area (Å²) in [7, 11) is 0. The number of anilines is 3. The van der Waals surface area contributed by atoms with E-state index in [4.69, 9.17) is 0 Å². The highest BCUT2D eigenvalue weighted by atomic mass is 15.1. The Morgan fingerprint density at radius 1 is 0.344 bits per heavy atom. The number of hydrogen-bond acceptors (Lipinski definition) is 1. The van der Waals surface area contributed by atoms with Gasteiger partial charge in [-0.15, -0.1) is 0 Å². The van der Waals surface area contributed by atoms with Gasteiger partial charge in [-0.2, -0.15) is 0 Å². The molecule has 0 spiro atoms. The van der Waals surface area contributed by atoms with Gasteiger partial charge in [-0.3, -0.25) is 0 Å². The average Bonchev–Trinajstić information content (AvgIpc) is 3.66. The minimum atomic E-state index is 1.10. The molecule has 2 heteroatoms. The molecule has 0 bridgehead atoms. The minimum Gasteiger partial charge on any atom is -0.310 e. The Labute approximate surface area is 354 Å². The van der Waals surface area contributed by atoms with Crippen LogP contribution in [0, 0.1) is 6.92 Å².